The lowest BCUT2D eigenvalue weighted by Crippen LogP contribution is -2.08. The molecule has 0 unspecified atom stereocenters. The minimum Gasteiger partial charge on any atom is -0.380 e. The number of ether oxygens (including phenoxy) is 1. The third-order valence-electron chi connectivity index (χ3n) is 3.20. The van der Waals surface area contributed by atoms with E-state index in [9.17, 15) is 5.26 Å². The number of aromatic nitrogens is 2. The van der Waals surface area contributed by atoms with Crippen molar-refractivity contribution in [2.24, 2.45) is 7.05 Å². The molecule has 0 aliphatic carbocycles. The summed E-state index contributed by atoms with van der Waals surface area (Å²) in [7, 11) is 3.51. The van der Waals surface area contributed by atoms with Crippen LogP contribution in [-0.4, -0.2) is 16.9 Å². The third kappa shape index (κ3) is 2.81. The van der Waals surface area contributed by atoms with Gasteiger partial charge in [-0.25, -0.2) is 0 Å². The molecule has 0 fully saturated rings. The number of nitrogens with zero attached hydrogens (tertiary/aromatic N) is 3. The highest BCUT2D eigenvalue weighted by Crippen LogP contribution is 2.19. The van der Waals surface area contributed by atoms with E-state index in [0.717, 1.165) is 22.6 Å². The minimum absolute atomic E-state index is 0.577. The largest absolute Gasteiger partial charge is 0.380 e. The highest BCUT2D eigenvalue weighted by Gasteiger charge is 2.12. The second-order valence-electron chi connectivity index (χ2n) is 4.60. The summed E-state index contributed by atoms with van der Waals surface area (Å²) in [6.07, 6.45) is 0. The predicted octanol–water partition coefficient (Wildman–Crippen LogP) is 2.36. The fourth-order valence-electron chi connectivity index (χ4n) is 2.20. The number of aryl methyl sites for hydroxylation is 2. The fraction of sp³-hybridized carbons (Fsp3) is 0.333. The molecule has 5 nitrogen and oxygen atoms in total. The van der Waals surface area contributed by atoms with E-state index < -0.39 is 0 Å². The maximum Gasteiger partial charge on any atom is 0.142 e. The number of nitrogens with one attached hydrogen (secondary N) is 1. The fourth-order valence-corrected chi connectivity index (χ4v) is 2.20. The van der Waals surface area contributed by atoms with Gasteiger partial charge in [0, 0.05) is 20.7 Å². The molecule has 0 saturated carbocycles. The summed E-state index contributed by atoms with van der Waals surface area (Å²) in [5, 5.41) is 16.7. The van der Waals surface area contributed by atoms with E-state index in [2.05, 4.69) is 22.6 Å². The lowest BCUT2D eigenvalue weighted by Gasteiger charge is -2.11. The van der Waals surface area contributed by atoms with Crippen LogP contribution in [0.15, 0.2) is 24.3 Å². The molecule has 0 saturated heterocycles. The monoisotopic (exact) mass is 270 g/mol. The summed E-state index contributed by atoms with van der Waals surface area (Å²) < 4.78 is 6.90. The number of hydrogen-bond acceptors (Lipinski definition) is 4. The number of anilines is 1. The van der Waals surface area contributed by atoms with Crippen LogP contribution in [0, 0.1) is 18.3 Å². The van der Waals surface area contributed by atoms with Gasteiger partial charge < -0.3 is 10.1 Å². The molecule has 5 heteroatoms. The molecule has 0 amide bonds. The quantitative estimate of drug-likeness (QED) is 0.906. The number of methoxy groups -OCH3 is 1. The number of hydrogen-bond donors (Lipinski definition) is 1. The standard InChI is InChI=1S/C15H18N4O/c1-11-14(8-16)15(19(2)18-11)17-9-12-6-4-5-7-13(12)10-20-3/h4-7,17H,9-10H2,1-3H3. The number of nitriles is 1. The smallest absolute Gasteiger partial charge is 0.142 e. The van der Waals surface area contributed by atoms with Gasteiger partial charge in [0.25, 0.3) is 0 Å². The molecule has 0 aliphatic heterocycles. The highest BCUT2D eigenvalue weighted by atomic mass is 16.5. The van der Waals surface area contributed by atoms with E-state index in [1.165, 1.54) is 0 Å². The van der Waals surface area contributed by atoms with E-state index in [0.29, 0.717) is 18.7 Å². The summed E-state index contributed by atoms with van der Waals surface area (Å²) in [5.74, 6) is 0.747. The van der Waals surface area contributed by atoms with Gasteiger partial charge in [-0.3, -0.25) is 4.68 Å². The van der Waals surface area contributed by atoms with Crippen LogP contribution in [0.4, 0.5) is 5.82 Å². The Bertz CT molecular complexity index is 640. The van der Waals surface area contributed by atoms with Crippen molar-refractivity contribution in [2.45, 2.75) is 20.1 Å². The zero-order chi connectivity index (χ0) is 14.5. The zero-order valence-corrected chi connectivity index (χ0v) is 12.0. The zero-order valence-electron chi connectivity index (χ0n) is 12.0. The number of rotatable bonds is 5. The Balaban J connectivity index is 2.20. The third-order valence-corrected chi connectivity index (χ3v) is 3.20. The van der Waals surface area contributed by atoms with Crippen molar-refractivity contribution in [3.8, 4) is 6.07 Å². The molecule has 1 heterocycles. The lowest BCUT2D eigenvalue weighted by atomic mass is 10.1. The molecule has 0 aliphatic rings. The topological polar surface area (TPSA) is 62.9 Å². The molecule has 1 aromatic carbocycles. The van der Waals surface area contributed by atoms with Crippen molar-refractivity contribution in [3.05, 3.63) is 46.6 Å². The maximum atomic E-state index is 9.19. The Morgan fingerprint density at radius 2 is 2.05 bits per heavy atom. The van der Waals surface area contributed by atoms with E-state index in [1.807, 2.05) is 32.2 Å². The van der Waals surface area contributed by atoms with Gasteiger partial charge in [0.2, 0.25) is 0 Å². The molecule has 0 spiro atoms. The SMILES string of the molecule is COCc1ccccc1CNc1c(C#N)c(C)nn1C. The van der Waals surface area contributed by atoms with Crippen LogP contribution in [0.2, 0.25) is 0 Å². The van der Waals surface area contributed by atoms with Crippen molar-refractivity contribution in [1.82, 2.24) is 9.78 Å². The Kier molecular flexibility index (Phi) is 4.38. The molecule has 0 bridgehead atoms. The normalized spacial score (nSPS) is 10.3. The Labute approximate surface area is 118 Å². The van der Waals surface area contributed by atoms with Crippen LogP contribution in [0.5, 0.6) is 0 Å². The van der Waals surface area contributed by atoms with Crippen LogP contribution in [0.1, 0.15) is 22.4 Å². The van der Waals surface area contributed by atoms with Crippen molar-refractivity contribution in [1.29, 1.82) is 5.26 Å². The minimum atomic E-state index is 0.577. The molecular formula is C15H18N4O. The van der Waals surface area contributed by atoms with Crippen molar-refractivity contribution in [3.63, 3.8) is 0 Å². The highest BCUT2D eigenvalue weighted by molar-refractivity contribution is 5.55. The Hall–Kier alpha value is -2.32. The molecule has 0 radical (unpaired) electrons. The lowest BCUT2D eigenvalue weighted by molar-refractivity contribution is 0.184. The van der Waals surface area contributed by atoms with E-state index in [1.54, 1.807) is 11.8 Å². The van der Waals surface area contributed by atoms with Gasteiger partial charge >= 0.3 is 0 Å². The maximum absolute atomic E-state index is 9.19. The van der Waals surface area contributed by atoms with Crippen LogP contribution in [0.3, 0.4) is 0 Å². The van der Waals surface area contributed by atoms with Crippen molar-refractivity contribution in [2.75, 3.05) is 12.4 Å². The first-order valence-corrected chi connectivity index (χ1v) is 6.40. The van der Waals surface area contributed by atoms with E-state index >= 15 is 0 Å². The average molecular weight is 270 g/mol. The van der Waals surface area contributed by atoms with Crippen molar-refractivity contribution < 1.29 is 4.74 Å². The van der Waals surface area contributed by atoms with E-state index in [4.69, 9.17) is 4.74 Å². The van der Waals surface area contributed by atoms with E-state index in [-0.39, 0.29) is 0 Å². The Morgan fingerprint density at radius 3 is 2.70 bits per heavy atom. The molecular weight excluding hydrogens is 252 g/mol. The second kappa shape index (κ2) is 6.22. The van der Waals surface area contributed by atoms with Gasteiger partial charge in [-0.05, 0) is 18.1 Å². The molecule has 2 aromatic rings. The predicted molar refractivity (Wildman–Crippen MR) is 77.1 cm³/mol. The molecule has 1 N–H and O–H groups in total. The molecule has 1 aromatic heterocycles. The molecule has 2 rings (SSSR count). The summed E-state index contributed by atoms with van der Waals surface area (Å²) >= 11 is 0. The van der Waals surface area contributed by atoms with Gasteiger partial charge in [-0.1, -0.05) is 24.3 Å². The van der Waals surface area contributed by atoms with Crippen LogP contribution >= 0.6 is 0 Å². The molecule has 104 valence electrons. The average Bonchev–Trinajstić information content (AvgIpc) is 2.71. The molecule has 20 heavy (non-hydrogen) atoms. The van der Waals surface area contributed by atoms with Gasteiger partial charge in [0.1, 0.15) is 17.5 Å². The molecule has 0 atom stereocenters. The number of benzene rings is 1. The summed E-state index contributed by atoms with van der Waals surface area (Å²) in [4.78, 5) is 0. The van der Waals surface area contributed by atoms with Crippen molar-refractivity contribution >= 4 is 5.82 Å². The van der Waals surface area contributed by atoms with Gasteiger partial charge in [0.15, 0.2) is 0 Å². The van der Waals surface area contributed by atoms with Crippen LogP contribution in [-0.2, 0) is 24.9 Å². The first-order chi connectivity index (χ1) is 9.67. The van der Waals surface area contributed by atoms with Crippen LogP contribution < -0.4 is 5.32 Å². The summed E-state index contributed by atoms with van der Waals surface area (Å²) in [5.41, 5.74) is 3.62. The second-order valence-corrected chi connectivity index (χ2v) is 4.60. The summed E-state index contributed by atoms with van der Waals surface area (Å²) in [6.45, 7) is 3.04. The first kappa shape index (κ1) is 14.1. The van der Waals surface area contributed by atoms with Gasteiger partial charge in [-0.2, -0.15) is 10.4 Å². The van der Waals surface area contributed by atoms with Gasteiger partial charge in [-0.15, -0.1) is 0 Å². The van der Waals surface area contributed by atoms with Crippen LogP contribution in [0.25, 0.3) is 0 Å². The Morgan fingerprint density at radius 1 is 1.35 bits per heavy atom. The van der Waals surface area contributed by atoms with Gasteiger partial charge in [0.05, 0.1) is 12.3 Å². The first-order valence-electron chi connectivity index (χ1n) is 6.40. The summed E-state index contributed by atoms with van der Waals surface area (Å²) in [6, 6.07) is 10.3.